The van der Waals surface area contributed by atoms with Crippen LogP contribution in [0.15, 0.2) is 30.3 Å². The quantitative estimate of drug-likeness (QED) is 0.752. The third-order valence-electron chi connectivity index (χ3n) is 2.83. The molecule has 2 aromatic rings. The van der Waals surface area contributed by atoms with E-state index in [2.05, 4.69) is 5.32 Å². The van der Waals surface area contributed by atoms with Gasteiger partial charge in [0.15, 0.2) is 0 Å². The van der Waals surface area contributed by atoms with Crippen LogP contribution in [-0.2, 0) is 0 Å². The Hall–Kier alpha value is -2.27. The second-order valence-corrected chi connectivity index (χ2v) is 4.72. The van der Waals surface area contributed by atoms with Crippen LogP contribution in [0.3, 0.4) is 0 Å². The lowest BCUT2D eigenvalue weighted by molar-refractivity contribution is 0.0698. The number of carbonyl (C=O) groups is 1. The SMILES string of the molecule is Cc1cc(Nc2ccc(F)c(Cl)c2)cc(C(=O)O)c1N. The Bertz CT molecular complexity index is 689. The maximum absolute atomic E-state index is 13.1. The monoisotopic (exact) mass is 294 g/mol. The normalized spacial score (nSPS) is 10.3. The molecule has 0 aliphatic carbocycles. The highest BCUT2D eigenvalue weighted by molar-refractivity contribution is 6.31. The van der Waals surface area contributed by atoms with Gasteiger partial charge in [-0.1, -0.05) is 11.6 Å². The van der Waals surface area contributed by atoms with Crippen LogP contribution in [0.1, 0.15) is 15.9 Å². The Balaban J connectivity index is 2.38. The first-order valence-electron chi connectivity index (χ1n) is 5.74. The molecule has 0 fully saturated rings. The second kappa shape index (κ2) is 5.38. The van der Waals surface area contributed by atoms with Gasteiger partial charge < -0.3 is 16.2 Å². The fourth-order valence-corrected chi connectivity index (χ4v) is 1.97. The molecule has 0 saturated carbocycles. The number of nitrogens with two attached hydrogens (primary N) is 1. The number of hydrogen-bond donors (Lipinski definition) is 3. The van der Waals surface area contributed by atoms with Crippen molar-refractivity contribution in [1.82, 2.24) is 0 Å². The lowest BCUT2D eigenvalue weighted by Gasteiger charge is -2.11. The van der Waals surface area contributed by atoms with E-state index in [0.29, 0.717) is 16.9 Å². The summed E-state index contributed by atoms with van der Waals surface area (Å²) in [5.41, 5.74) is 7.68. The number of carboxylic acids is 1. The molecule has 0 heterocycles. The van der Waals surface area contributed by atoms with Gasteiger partial charge >= 0.3 is 5.97 Å². The number of hydrogen-bond acceptors (Lipinski definition) is 3. The van der Waals surface area contributed by atoms with E-state index in [0.717, 1.165) is 0 Å². The van der Waals surface area contributed by atoms with Gasteiger partial charge in [0, 0.05) is 17.1 Å². The zero-order valence-corrected chi connectivity index (χ0v) is 11.3. The van der Waals surface area contributed by atoms with Gasteiger partial charge in [-0.25, -0.2) is 9.18 Å². The molecule has 0 saturated heterocycles. The summed E-state index contributed by atoms with van der Waals surface area (Å²) in [5.74, 6) is -1.62. The van der Waals surface area contributed by atoms with Gasteiger partial charge in [0.2, 0.25) is 0 Å². The Labute approximate surface area is 120 Å². The van der Waals surface area contributed by atoms with Crippen molar-refractivity contribution in [3.05, 3.63) is 52.3 Å². The summed E-state index contributed by atoms with van der Waals surface area (Å²) in [6, 6.07) is 7.28. The smallest absolute Gasteiger partial charge is 0.337 e. The van der Waals surface area contributed by atoms with Crippen molar-refractivity contribution in [2.24, 2.45) is 0 Å². The van der Waals surface area contributed by atoms with Gasteiger partial charge in [-0.15, -0.1) is 0 Å². The van der Waals surface area contributed by atoms with Gasteiger partial charge in [-0.3, -0.25) is 0 Å². The van der Waals surface area contributed by atoms with Crippen molar-refractivity contribution in [3.8, 4) is 0 Å². The van der Waals surface area contributed by atoms with Gasteiger partial charge in [0.05, 0.1) is 10.6 Å². The predicted molar refractivity (Wildman–Crippen MR) is 77.2 cm³/mol. The molecular formula is C14H12ClFN2O2. The highest BCUT2D eigenvalue weighted by atomic mass is 35.5. The van der Waals surface area contributed by atoms with Crippen LogP contribution in [0, 0.1) is 12.7 Å². The molecule has 0 unspecified atom stereocenters. The van der Waals surface area contributed by atoms with E-state index in [1.165, 1.54) is 24.3 Å². The Morgan fingerprint density at radius 1 is 1.30 bits per heavy atom. The zero-order valence-electron chi connectivity index (χ0n) is 10.6. The molecule has 4 nitrogen and oxygen atoms in total. The predicted octanol–water partition coefficient (Wildman–Crippen LogP) is 3.81. The lowest BCUT2D eigenvalue weighted by Crippen LogP contribution is -2.05. The minimum Gasteiger partial charge on any atom is -0.478 e. The molecule has 0 radical (unpaired) electrons. The van der Waals surface area contributed by atoms with Gasteiger partial charge in [0.25, 0.3) is 0 Å². The number of halogens is 2. The summed E-state index contributed by atoms with van der Waals surface area (Å²) < 4.78 is 13.1. The van der Waals surface area contributed by atoms with Crippen LogP contribution in [0.2, 0.25) is 5.02 Å². The lowest BCUT2D eigenvalue weighted by atomic mass is 10.1. The minimum atomic E-state index is -1.11. The van der Waals surface area contributed by atoms with Crippen molar-refractivity contribution in [2.45, 2.75) is 6.92 Å². The maximum atomic E-state index is 13.1. The summed E-state index contributed by atoms with van der Waals surface area (Å²) in [4.78, 5) is 11.1. The fourth-order valence-electron chi connectivity index (χ4n) is 1.79. The molecule has 0 bridgehead atoms. The number of benzene rings is 2. The average Bonchev–Trinajstić information content (AvgIpc) is 2.37. The molecule has 0 spiro atoms. The summed E-state index contributed by atoms with van der Waals surface area (Å²) in [7, 11) is 0. The summed E-state index contributed by atoms with van der Waals surface area (Å²) >= 11 is 5.69. The Kier molecular flexibility index (Phi) is 3.81. The fraction of sp³-hybridized carbons (Fsp3) is 0.0714. The van der Waals surface area contributed by atoms with E-state index in [4.69, 9.17) is 22.4 Å². The molecular weight excluding hydrogens is 283 g/mol. The molecule has 104 valence electrons. The number of anilines is 3. The molecule has 2 aromatic carbocycles. The van der Waals surface area contributed by atoms with E-state index < -0.39 is 11.8 Å². The summed E-state index contributed by atoms with van der Waals surface area (Å²) in [6.45, 7) is 1.71. The minimum absolute atomic E-state index is 0.0133. The third-order valence-corrected chi connectivity index (χ3v) is 3.12. The molecule has 0 aromatic heterocycles. The molecule has 6 heteroatoms. The van der Waals surface area contributed by atoms with Gasteiger partial charge in [0.1, 0.15) is 5.82 Å². The first kappa shape index (κ1) is 14.1. The van der Waals surface area contributed by atoms with Crippen LogP contribution in [0.5, 0.6) is 0 Å². The van der Waals surface area contributed by atoms with Crippen LogP contribution in [-0.4, -0.2) is 11.1 Å². The standard InChI is InChI=1S/C14H12ClFN2O2/c1-7-4-9(5-10(13(7)17)14(19)20)18-8-2-3-12(16)11(15)6-8/h2-6,18H,17H2,1H3,(H,19,20). The van der Waals surface area contributed by atoms with Crippen LogP contribution >= 0.6 is 11.6 Å². The molecule has 0 aliphatic rings. The number of carboxylic acid groups (broad SMARTS) is 1. The average molecular weight is 295 g/mol. The molecule has 20 heavy (non-hydrogen) atoms. The van der Waals surface area contributed by atoms with E-state index in [9.17, 15) is 9.18 Å². The summed E-state index contributed by atoms with van der Waals surface area (Å²) in [6.07, 6.45) is 0. The van der Waals surface area contributed by atoms with E-state index in [1.807, 2.05) is 0 Å². The first-order chi connectivity index (χ1) is 9.38. The zero-order chi connectivity index (χ0) is 14.9. The number of nitrogen functional groups attached to an aromatic ring is 1. The maximum Gasteiger partial charge on any atom is 0.337 e. The number of aryl methyl sites for hydroxylation is 1. The second-order valence-electron chi connectivity index (χ2n) is 4.31. The topological polar surface area (TPSA) is 75.3 Å². The van der Waals surface area contributed by atoms with Gasteiger partial charge in [-0.2, -0.15) is 0 Å². The third kappa shape index (κ3) is 2.83. The van der Waals surface area contributed by atoms with Crippen molar-refractivity contribution >= 4 is 34.6 Å². The Morgan fingerprint density at radius 3 is 2.60 bits per heavy atom. The molecule has 2 rings (SSSR count). The molecule has 0 aliphatic heterocycles. The Morgan fingerprint density at radius 2 is 2.00 bits per heavy atom. The molecule has 4 N–H and O–H groups in total. The highest BCUT2D eigenvalue weighted by Gasteiger charge is 2.12. The van der Waals surface area contributed by atoms with Gasteiger partial charge in [-0.05, 0) is 42.8 Å². The highest BCUT2D eigenvalue weighted by Crippen LogP contribution is 2.27. The van der Waals surface area contributed by atoms with Crippen LogP contribution < -0.4 is 11.1 Å². The molecule has 0 amide bonds. The number of rotatable bonds is 3. The number of aromatic carboxylic acids is 1. The van der Waals surface area contributed by atoms with E-state index in [1.54, 1.807) is 13.0 Å². The van der Waals surface area contributed by atoms with Crippen LogP contribution in [0.25, 0.3) is 0 Å². The van der Waals surface area contributed by atoms with E-state index in [-0.39, 0.29) is 16.3 Å². The van der Waals surface area contributed by atoms with Crippen LogP contribution in [0.4, 0.5) is 21.5 Å². The number of nitrogens with one attached hydrogen (secondary N) is 1. The summed E-state index contributed by atoms with van der Waals surface area (Å²) in [5, 5.41) is 12.0. The van der Waals surface area contributed by atoms with E-state index >= 15 is 0 Å². The van der Waals surface area contributed by atoms with Crippen molar-refractivity contribution in [2.75, 3.05) is 11.1 Å². The van der Waals surface area contributed by atoms with Crippen molar-refractivity contribution < 1.29 is 14.3 Å². The first-order valence-corrected chi connectivity index (χ1v) is 6.12. The van der Waals surface area contributed by atoms with Crippen molar-refractivity contribution in [1.29, 1.82) is 0 Å². The largest absolute Gasteiger partial charge is 0.478 e. The van der Waals surface area contributed by atoms with Crippen molar-refractivity contribution in [3.63, 3.8) is 0 Å². The molecule has 0 atom stereocenters.